The van der Waals surface area contributed by atoms with Gasteiger partial charge in [-0.25, -0.2) is 0 Å². The lowest BCUT2D eigenvalue weighted by molar-refractivity contribution is 0.407. The van der Waals surface area contributed by atoms with Crippen molar-refractivity contribution in [2.45, 2.75) is 0 Å². The molecule has 21 heavy (non-hydrogen) atoms. The number of ether oxygens (including phenoxy) is 1. The molecule has 0 atom stereocenters. The number of nitrogens with zero attached hydrogens (tertiary/aromatic N) is 1. The maximum absolute atomic E-state index is 6.08. The third kappa shape index (κ3) is 2.45. The monoisotopic (exact) mass is 300 g/mol. The summed E-state index contributed by atoms with van der Waals surface area (Å²) in [6.45, 7) is 0. The average molecular weight is 301 g/mol. The highest BCUT2D eigenvalue weighted by molar-refractivity contribution is 6.31. The minimum atomic E-state index is 0.332. The molecule has 2 aromatic carbocycles. The summed E-state index contributed by atoms with van der Waals surface area (Å²) in [4.78, 5) is 0. The summed E-state index contributed by atoms with van der Waals surface area (Å²) in [5, 5.41) is 4.46. The highest BCUT2D eigenvalue weighted by atomic mass is 35.5. The zero-order chi connectivity index (χ0) is 14.8. The number of anilines is 1. The van der Waals surface area contributed by atoms with Gasteiger partial charge in [0.15, 0.2) is 11.6 Å². The molecule has 0 aliphatic rings. The first-order chi connectivity index (χ1) is 10.2. The van der Waals surface area contributed by atoms with E-state index in [-0.39, 0.29) is 0 Å². The molecule has 5 heteroatoms. The third-order valence-electron chi connectivity index (χ3n) is 3.19. The molecule has 0 radical (unpaired) electrons. The van der Waals surface area contributed by atoms with Crippen LogP contribution in [0.3, 0.4) is 0 Å². The van der Waals surface area contributed by atoms with Crippen molar-refractivity contribution in [1.82, 2.24) is 5.16 Å². The molecule has 0 saturated carbocycles. The smallest absolute Gasteiger partial charge is 0.180 e. The third-order valence-corrected chi connectivity index (χ3v) is 3.42. The van der Waals surface area contributed by atoms with E-state index in [4.69, 9.17) is 26.6 Å². The topological polar surface area (TPSA) is 61.3 Å². The van der Waals surface area contributed by atoms with Crippen LogP contribution in [0.25, 0.3) is 22.5 Å². The number of rotatable bonds is 3. The van der Waals surface area contributed by atoms with Gasteiger partial charge in [-0.1, -0.05) is 47.1 Å². The second kappa shape index (κ2) is 5.50. The number of nitrogen functional groups attached to an aromatic ring is 1. The van der Waals surface area contributed by atoms with Gasteiger partial charge in [0.1, 0.15) is 5.75 Å². The normalized spacial score (nSPS) is 10.6. The molecule has 106 valence electrons. The van der Waals surface area contributed by atoms with Gasteiger partial charge in [0.25, 0.3) is 0 Å². The van der Waals surface area contributed by atoms with Crippen molar-refractivity contribution < 1.29 is 9.26 Å². The lowest BCUT2D eigenvalue weighted by Crippen LogP contribution is -1.91. The van der Waals surface area contributed by atoms with Gasteiger partial charge in [-0.15, -0.1) is 0 Å². The first-order valence-electron chi connectivity index (χ1n) is 6.35. The van der Waals surface area contributed by atoms with Crippen LogP contribution in [-0.2, 0) is 0 Å². The number of aromatic nitrogens is 1. The average Bonchev–Trinajstić information content (AvgIpc) is 2.89. The Hall–Kier alpha value is -2.46. The molecule has 1 aromatic heterocycles. The largest absolute Gasteiger partial charge is 0.496 e. The molecular weight excluding hydrogens is 288 g/mol. The number of nitrogens with two attached hydrogens (primary N) is 1. The van der Waals surface area contributed by atoms with Crippen molar-refractivity contribution in [2.75, 3.05) is 12.8 Å². The Labute approximate surface area is 127 Å². The molecule has 3 rings (SSSR count). The number of methoxy groups -OCH3 is 1. The van der Waals surface area contributed by atoms with E-state index in [2.05, 4.69) is 5.16 Å². The van der Waals surface area contributed by atoms with Crippen LogP contribution in [0.5, 0.6) is 5.75 Å². The summed E-state index contributed by atoms with van der Waals surface area (Å²) < 4.78 is 10.8. The van der Waals surface area contributed by atoms with Crippen LogP contribution in [0.4, 0.5) is 5.82 Å². The van der Waals surface area contributed by atoms with Gasteiger partial charge < -0.3 is 15.0 Å². The highest BCUT2D eigenvalue weighted by Crippen LogP contribution is 2.41. The molecule has 4 nitrogen and oxygen atoms in total. The Morgan fingerprint density at radius 1 is 1.14 bits per heavy atom. The first-order valence-corrected chi connectivity index (χ1v) is 6.73. The predicted molar refractivity (Wildman–Crippen MR) is 83.3 cm³/mol. The molecule has 0 fully saturated rings. The highest BCUT2D eigenvalue weighted by Gasteiger charge is 2.20. The van der Waals surface area contributed by atoms with Crippen molar-refractivity contribution >= 4 is 17.4 Å². The van der Waals surface area contributed by atoms with Gasteiger partial charge in [-0.3, -0.25) is 0 Å². The van der Waals surface area contributed by atoms with Crippen molar-refractivity contribution in [3.8, 4) is 28.2 Å². The Morgan fingerprint density at radius 2 is 1.90 bits per heavy atom. The van der Waals surface area contributed by atoms with E-state index in [1.165, 1.54) is 0 Å². The molecule has 0 spiro atoms. The minimum Gasteiger partial charge on any atom is -0.496 e. The minimum absolute atomic E-state index is 0.332. The Bertz CT molecular complexity index is 769. The van der Waals surface area contributed by atoms with Crippen LogP contribution in [0.2, 0.25) is 5.02 Å². The summed E-state index contributed by atoms with van der Waals surface area (Å²) in [7, 11) is 1.59. The summed E-state index contributed by atoms with van der Waals surface area (Å²) >= 11 is 6.08. The van der Waals surface area contributed by atoms with Gasteiger partial charge in [-0.05, 0) is 23.8 Å². The van der Waals surface area contributed by atoms with E-state index in [1.807, 2.05) is 30.3 Å². The number of hydrogen-bond acceptors (Lipinski definition) is 4. The van der Waals surface area contributed by atoms with Gasteiger partial charge >= 0.3 is 0 Å². The van der Waals surface area contributed by atoms with Crippen LogP contribution < -0.4 is 10.5 Å². The van der Waals surface area contributed by atoms with Crippen LogP contribution in [0.1, 0.15) is 0 Å². The zero-order valence-corrected chi connectivity index (χ0v) is 12.1. The fraction of sp³-hybridized carbons (Fsp3) is 0.0625. The lowest BCUT2D eigenvalue weighted by atomic mass is 10.0. The van der Waals surface area contributed by atoms with Crippen molar-refractivity contribution in [2.24, 2.45) is 0 Å². The predicted octanol–water partition coefficient (Wildman–Crippen LogP) is 4.25. The van der Waals surface area contributed by atoms with Crippen molar-refractivity contribution in [1.29, 1.82) is 0 Å². The van der Waals surface area contributed by atoms with Gasteiger partial charge in [0, 0.05) is 5.02 Å². The molecule has 1 heterocycles. The van der Waals surface area contributed by atoms with Crippen LogP contribution in [-0.4, -0.2) is 12.3 Å². The summed E-state index contributed by atoms with van der Waals surface area (Å²) in [6, 6.07) is 15.0. The number of hydrogen-bond donors (Lipinski definition) is 1. The maximum atomic E-state index is 6.08. The van der Waals surface area contributed by atoms with Crippen LogP contribution in [0, 0.1) is 0 Å². The van der Waals surface area contributed by atoms with Gasteiger partial charge in [-0.2, -0.15) is 0 Å². The molecule has 0 aliphatic heterocycles. The second-order valence-corrected chi connectivity index (χ2v) is 4.92. The number of benzene rings is 2. The Balaban J connectivity index is 2.24. The maximum Gasteiger partial charge on any atom is 0.180 e. The van der Waals surface area contributed by atoms with Crippen molar-refractivity contribution in [3.05, 3.63) is 53.6 Å². The van der Waals surface area contributed by atoms with Crippen LogP contribution in [0.15, 0.2) is 53.1 Å². The summed E-state index contributed by atoms with van der Waals surface area (Å²) in [6.07, 6.45) is 0. The summed E-state index contributed by atoms with van der Waals surface area (Å²) in [5.74, 6) is 1.52. The molecule has 0 bridgehead atoms. The van der Waals surface area contributed by atoms with Gasteiger partial charge in [0.05, 0.1) is 18.2 Å². The van der Waals surface area contributed by atoms with E-state index in [0.717, 1.165) is 11.1 Å². The molecule has 0 saturated heterocycles. The summed E-state index contributed by atoms with van der Waals surface area (Å²) in [5.41, 5.74) is 8.33. The van der Waals surface area contributed by atoms with Gasteiger partial charge in [0.2, 0.25) is 0 Å². The SMILES string of the molecule is COc1ccc(Cl)cc1-c1onc(N)c1-c1ccccc1. The van der Waals surface area contributed by atoms with E-state index in [9.17, 15) is 0 Å². The second-order valence-electron chi connectivity index (χ2n) is 4.48. The first kappa shape index (κ1) is 13.5. The van der Waals surface area contributed by atoms with E-state index in [1.54, 1.807) is 25.3 Å². The molecule has 0 aliphatic carbocycles. The Kier molecular flexibility index (Phi) is 3.54. The fourth-order valence-electron chi connectivity index (χ4n) is 2.23. The molecule has 2 N–H and O–H groups in total. The van der Waals surface area contributed by atoms with E-state index in [0.29, 0.717) is 27.9 Å². The van der Waals surface area contributed by atoms with Crippen molar-refractivity contribution in [3.63, 3.8) is 0 Å². The lowest BCUT2D eigenvalue weighted by Gasteiger charge is -2.08. The standard InChI is InChI=1S/C16H13ClN2O2/c1-20-13-8-7-11(17)9-12(13)15-14(16(18)19-21-15)10-5-3-2-4-6-10/h2-9H,1H3,(H2,18,19). The Morgan fingerprint density at radius 3 is 2.62 bits per heavy atom. The van der Waals surface area contributed by atoms with E-state index >= 15 is 0 Å². The van der Waals surface area contributed by atoms with Crippen LogP contribution >= 0.6 is 11.6 Å². The zero-order valence-electron chi connectivity index (χ0n) is 11.3. The molecular formula is C16H13ClN2O2. The fourth-order valence-corrected chi connectivity index (χ4v) is 2.40. The number of halogens is 1. The quantitative estimate of drug-likeness (QED) is 0.785. The molecule has 3 aromatic rings. The molecule has 0 amide bonds. The van der Waals surface area contributed by atoms with E-state index < -0.39 is 0 Å². The molecule has 0 unspecified atom stereocenters.